The second-order valence-electron chi connectivity index (χ2n) is 3.81. The number of hydrogen-bond donors (Lipinski definition) is 0. The average molecular weight is 225 g/mol. The average Bonchev–Trinajstić information content (AvgIpc) is 2.17. The number of halogens is 3. The van der Waals surface area contributed by atoms with E-state index in [0.29, 0.717) is 5.52 Å². The van der Waals surface area contributed by atoms with Gasteiger partial charge in [-0.05, 0) is 43.2 Å². The van der Waals surface area contributed by atoms with Crippen molar-refractivity contribution in [3.05, 3.63) is 41.1 Å². The first kappa shape index (κ1) is 10.9. The summed E-state index contributed by atoms with van der Waals surface area (Å²) in [5.74, 6) is 0. The van der Waals surface area contributed by atoms with Gasteiger partial charge in [-0.25, -0.2) is 0 Å². The Morgan fingerprint density at radius 3 is 2.31 bits per heavy atom. The van der Waals surface area contributed by atoms with Crippen molar-refractivity contribution in [3.8, 4) is 0 Å². The quantitative estimate of drug-likeness (QED) is 0.663. The number of aromatic nitrogens is 1. The lowest BCUT2D eigenvalue weighted by molar-refractivity contribution is -0.136. The van der Waals surface area contributed by atoms with E-state index < -0.39 is 11.7 Å². The standard InChI is InChI=1S/C12H10F3N/c1-7-5-9-10(12(13,14)15)3-4-16-11(9)6-8(7)2/h3-6H,1-2H3. The first-order chi connectivity index (χ1) is 7.39. The summed E-state index contributed by atoms with van der Waals surface area (Å²) < 4.78 is 38.2. The van der Waals surface area contributed by atoms with E-state index in [9.17, 15) is 13.2 Å². The smallest absolute Gasteiger partial charge is 0.256 e. The number of benzene rings is 1. The number of aryl methyl sites for hydroxylation is 2. The summed E-state index contributed by atoms with van der Waals surface area (Å²) in [5, 5.41) is 0.165. The maximum Gasteiger partial charge on any atom is 0.417 e. The minimum atomic E-state index is -4.33. The predicted octanol–water partition coefficient (Wildman–Crippen LogP) is 3.87. The maximum atomic E-state index is 12.7. The van der Waals surface area contributed by atoms with Gasteiger partial charge >= 0.3 is 6.18 Å². The van der Waals surface area contributed by atoms with Crippen molar-refractivity contribution in [1.82, 2.24) is 4.98 Å². The summed E-state index contributed by atoms with van der Waals surface area (Å²) in [6.07, 6.45) is -3.14. The molecule has 0 saturated heterocycles. The number of hydrogen-bond acceptors (Lipinski definition) is 1. The fourth-order valence-electron chi connectivity index (χ4n) is 1.65. The highest BCUT2D eigenvalue weighted by Gasteiger charge is 2.32. The zero-order valence-electron chi connectivity index (χ0n) is 8.89. The second kappa shape index (κ2) is 3.47. The highest BCUT2D eigenvalue weighted by Crippen LogP contribution is 2.34. The third-order valence-electron chi connectivity index (χ3n) is 2.66. The molecule has 0 unspecified atom stereocenters. The normalized spacial score (nSPS) is 12.1. The van der Waals surface area contributed by atoms with Gasteiger partial charge < -0.3 is 0 Å². The van der Waals surface area contributed by atoms with Crippen LogP contribution in [-0.2, 0) is 6.18 Å². The predicted molar refractivity (Wildman–Crippen MR) is 56.2 cm³/mol. The maximum absolute atomic E-state index is 12.7. The fourth-order valence-corrected chi connectivity index (χ4v) is 1.65. The highest BCUT2D eigenvalue weighted by atomic mass is 19.4. The van der Waals surface area contributed by atoms with E-state index in [1.165, 1.54) is 6.20 Å². The van der Waals surface area contributed by atoms with Crippen LogP contribution in [0.3, 0.4) is 0 Å². The molecule has 0 aliphatic rings. The molecule has 0 N–H and O–H groups in total. The molecule has 16 heavy (non-hydrogen) atoms. The summed E-state index contributed by atoms with van der Waals surface area (Å²) in [6.45, 7) is 3.65. The summed E-state index contributed by atoms with van der Waals surface area (Å²) in [7, 11) is 0. The van der Waals surface area contributed by atoms with Gasteiger partial charge in [0.15, 0.2) is 0 Å². The van der Waals surface area contributed by atoms with Gasteiger partial charge in [0.05, 0.1) is 11.1 Å². The molecule has 0 spiro atoms. The number of rotatable bonds is 0. The molecule has 84 valence electrons. The molecular weight excluding hydrogens is 215 g/mol. The molecule has 0 aliphatic heterocycles. The van der Waals surface area contributed by atoms with Crippen LogP contribution in [0.5, 0.6) is 0 Å². The summed E-state index contributed by atoms with van der Waals surface area (Å²) in [5.41, 5.74) is 1.55. The zero-order valence-corrected chi connectivity index (χ0v) is 8.89. The Labute approximate surface area is 90.9 Å². The summed E-state index contributed by atoms with van der Waals surface area (Å²) in [4.78, 5) is 3.96. The Hall–Kier alpha value is -1.58. The monoisotopic (exact) mass is 225 g/mol. The molecule has 1 aromatic heterocycles. The van der Waals surface area contributed by atoms with Gasteiger partial charge in [-0.15, -0.1) is 0 Å². The van der Waals surface area contributed by atoms with Crippen molar-refractivity contribution in [2.45, 2.75) is 20.0 Å². The van der Waals surface area contributed by atoms with Crippen molar-refractivity contribution < 1.29 is 13.2 Å². The Bertz CT molecular complexity index is 544. The first-order valence-corrected chi connectivity index (χ1v) is 4.83. The van der Waals surface area contributed by atoms with Crippen molar-refractivity contribution >= 4 is 10.9 Å². The molecule has 0 amide bonds. The van der Waals surface area contributed by atoms with E-state index in [0.717, 1.165) is 17.2 Å². The van der Waals surface area contributed by atoms with Crippen molar-refractivity contribution in [2.75, 3.05) is 0 Å². The van der Waals surface area contributed by atoms with Crippen LogP contribution in [0.25, 0.3) is 10.9 Å². The Morgan fingerprint density at radius 2 is 1.69 bits per heavy atom. The van der Waals surface area contributed by atoms with Gasteiger partial charge in [0.1, 0.15) is 0 Å². The van der Waals surface area contributed by atoms with Crippen LogP contribution in [0.15, 0.2) is 24.4 Å². The van der Waals surface area contributed by atoms with Crippen LogP contribution in [0.2, 0.25) is 0 Å². The Balaban J connectivity index is 2.82. The zero-order chi connectivity index (χ0) is 11.9. The third-order valence-corrected chi connectivity index (χ3v) is 2.66. The Morgan fingerprint density at radius 1 is 1.06 bits per heavy atom. The van der Waals surface area contributed by atoms with Crippen molar-refractivity contribution in [2.24, 2.45) is 0 Å². The largest absolute Gasteiger partial charge is 0.417 e. The fraction of sp³-hybridized carbons (Fsp3) is 0.250. The van der Waals surface area contributed by atoms with Crippen LogP contribution in [-0.4, -0.2) is 4.98 Å². The first-order valence-electron chi connectivity index (χ1n) is 4.83. The number of alkyl halides is 3. The second-order valence-corrected chi connectivity index (χ2v) is 3.81. The van der Waals surface area contributed by atoms with E-state index >= 15 is 0 Å². The molecule has 2 rings (SSSR count). The lowest BCUT2D eigenvalue weighted by Crippen LogP contribution is -2.06. The highest BCUT2D eigenvalue weighted by molar-refractivity contribution is 5.84. The number of pyridine rings is 1. The van der Waals surface area contributed by atoms with E-state index in [-0.39, 0.29) is 5.39 Å². The van der Waals surface area contributed by atoms with Crippen LogP contribution in [0.4, 0.5) is 13.2 Å². The molecule has 1 nitrogen and oxygen atoms in total. The van der Waals surface area contributed by atoms with Crippen LogP contribution < -0.4 is 0 Å². The molecule has 0 aliphatic carbocycles. The van der Waals surface area contributed by atoms with Gasteiger partial charge in [0.2, 0.25) is 0 Å². The number of fused-ring (bicyclic) bond motifs is 1. The molecule has 0 bridgehead atoms. The molecule has 4 heteroatoms. The molecule has 1 aromatic carbocycles. The Kier molecular flexibility index (Phi) is 2.37. The summed E-state index contributed by atoms with van der Waals surface area (Å²) >= 11 is 0. The molecule has 0 saturated carbocycles. The van der Waals surface area contributed by atoms with Crippen LogP contribution in [0.1, 0.15) is 16.7 Å². The van der Waals surface area contributed by atoms with Crippen molar-refractivity contribution in [3.63, 3.8) is 0 Å². The molecule has 1 heterocycles. The molecule has 0 radical (unpaired) electrons. The topological polar surface area (TPSA) is 12.9 Å². The third kappa shape index (κ3) is 1.75. The lowest BCUT2D eigenvalue weighted by atomic mass is 10.0. The van der Waals surface area contributed by atoms with E-state index in [1.807, 2.05) is 6.92 Å². The molecule has 0 atom stereocenters. The van der Waals surface area contributed by atoms with E-state index in [1.54, 1.807) is 19.1 Å². The van der Waals surface area contributed by atoms with Crippen LogP contribution in [0, 0.1) is 13.8 Å². The molecule has 2 aromatic rings. The van der Waals surface area contributed by atoms with Gasteiger partial charge in [0, 0.05) is 11.6 Å². The van der Waals surface area contributed by atoms with E-state index in [4.69, 9.17) is 0 Å². The summed E-state index contributed by atoms with van der Waals surface area (Å²) in [6, 6.07) is 4.23. The SMILES string of the molecule is Cc1cc2nccc(C(F)(F)F)c2cc1C. The lowest BCUT2D eigenvalue weighted by Gasteiger charge is -2.11. The van der Waals surface area contributed by atoms with E-state index in [2.05, 4.69) is 4.98 Å². The van der Waals surface area contributed by atoms with Gasteiger partial charge in [-0.2, -0.15) is 13.2 Å². The minimum Gasteiger partial charge on any atom is -0.256 e. The van der Waals surface area contributed by atoms with Crippen LogP contribution >= 0.6 is 0 Å². The van der Waals surface area contributed by atoms with Gasteiger partial charge in [-0.3, -0.25) is 4.98 Å². The van der Waals surface area contributed by atoms with Gasteiger partial charge in [0.25, 0.3) is 0 Å². The minimum absolute atomic E-state index is 0.165. The molecule has 0 fully saturated rings. The molecular formula is C12H10F3N. The van der Waals surface area contributed by atoms with Crippen molar-refractivity contribution in [1.29, 1.82) is 0 Å². The number of nitrogens with zero attached hydrogens (tertiary/aromatic N) is 1. The van der Waals surface area contributed by atoms with Gasteiger partial charge in [-0.1, -0.05) is 0 Å².